The maximum atomic E-state index is 12.4. The van der Waals surface area contributed by atoms with Crippen LogP contribution < -0.4 is 5.32 Å². The van der Waals surface area contributed by atoms with Crippen LogP contribution in [0.2, 0.25) is 0 Å². The van der Waals surface area contributed by atoms with Crippen LogP contribution in [0.4, 0.5) is 24.0 Å². The number of nitrogens with zero attached hydrogens (tertiary/aromatic N) is 1. The minimum atomic E-state index is -4.30. The molecule has 0 fully saturated rings. The second-order valence-corrected chi connectivity index (χ2v) is 4.38. The van der Waals surface area contributed by atoms with Gasteiger partial charge in [0.2, 0.25) is 0 Å². The van der Waals surface area contributed by atoms with Crippen molar-refractivity contribution in [2.24, 2.45) is 0 Å². The van der Waals surface area contributed by atoms with Crippen LogP contribution in [0.25, 0.3) is 0 Å². The summed E-state index contributed by atoms with van der Waals surface area (Å²) in [4.78, 5) is 4.01. The van der Waals surface area contributed by atoms with Crippen molar-refractivity contribution >= 4 is 22.2 Å². The van der Waals surface area contributed by atoms with Crippen molar-refractivity contribution in [3.05, 3.63) is 40.9 Å². The van der Waals surface area contributed by atoms with Crippen molar-refractivity contribution in [2.75, 3.05) is 5.32 Å². The third-order valence-electron chi connectivity index (χ3n) is 2.23. The normalized spacial score (nSPS) is 11.5. The lowest BCUT2D eigenvalue weighted by atomic mass is 10.1. The van der Waals surface area contributed by atoms with Gasteiger partial charge in [-0.05, 0) is 30.7 Å². The largest absolute Gasteiger partial charge is 0.416 e. The Balaban J connectivity index is 2.26. The maximum Gasteiger partial charge on any atom is 0.416 e. The van der Waals surface area contributed by atoms with Crippen molar-refractivity contribution in [3.8, 4) is 0 Å². The van der Waals surface area contributed by atoms with E-state index < -0.39 is 11.7 Å². The topological polar surface area (TPSA) is 24.9 Å². The number of aryl methyl sites for hydroxylation is 1. The Labute approximate surface area is 100 Å². The highest BCUT2D eigenvalue weighted by molar-refractivity contribution is 7.13. The molecule has 0 amide bonds. The molecule has 1 aromatic carbocycles. The Hall–Kier alpha value is -1.56. The van der Waals surface area contributed by atoms with E-state index in [1.54, 1.807) is 18.5 Å². The fourth-order valence-corrected chi connectivity index (χ4v) is 1.92. The molecule has 0 bridgehead atoms. The molecule has 0 unspecified atom stereocenters. The number of thiazole rings is 1. The Morgan fingerprint density at radius 3 is 2.59 bits per heavy atom. The van der Waals surface area contributed by atoms with E-state index in [0.717, 1.165) is 12.1 Å². The van der Waals surface area contributed by atoms with Gasteiger partial charge in [-0.25, -0.2) is 4.98 Å². The summed E-state index contributed by atoms with van der Waals surface area (Å²) < 4.78 is 37.3. The van der Waals surface area contributed by atoms with Gasteiger partial charge in [0.25, 0.3) is 0 Å². The van der Waals surface area contributed by atoms with Crippen LogP contribution in [0, 0.1) is 6.92 Å². The van der Waals surface area contributed by atoms with E-state index >= 15 is 0 Å². The van der Waals surface area contributed by atoms with Crippen molar-refractivity contribution in [3.63, 3.8) is 0 Å². The van der Waals surface area contributed by atoms with E-state index in [-0.39, 0.29) is 0 Å². The number of halogens is 3. The summed E-state index contributed by atoms with van der Waals surface area (Å²) in [5.41, 5.74) is 0.530. The molecular weight excluding hydrogens is 249 g/mol. The van der Waals surface area contributed by atoms with Gasteiger partial charge in [0, 0.05) is 17.3 Å². The monoisotopic (exact) mass is 258 g/mol. The molecule has 17 heavy (non-hydrogen) atoms. The quantitative estimate of drug-likeness (QED) is 0.872. The van der Waals surface area contributed by atoms with Crippen LogP contribution in [0.5, 0.6) is 0 Å². The lowest BCUT2D eigenvalue weighted by Gasteiger charge is -2.11. The highest BCUT2D eigenvalue weighted by atomic mass is 32.1. The Bertz CT molecular complexity index is 506. The van der Waals surface area contributed by atoms with Crippen molar-refractivity contribution in [1.29, 1.82) is 0 Å². The second-order valence-electron chi connectivity index (χ2n) is 3.49. The summed E-state index contributed by atoms with van der Waals surface area (Å²) in [6, 6.07) is 3.60. The number of hydrogen-bond donors (Lipinski definition) is 1. The molecule has 0 radical (unpaired) electrons. The Morgan fingerprint density at radius 1 is 1.29 bits per heavy atom. The predicted molar refractivity (Wildman–Crippen MR) is 61.6 cm³/mol. The molecule has 1 heterocycles. The van der Waals surface area contributed by atoms with Crippen LogP contribution in [0.1, 0.15) is 11.1 Å². The van der Waals surface area contributed by atoms with Crippen molar-refractivity contribution in [2.45, 2.75) is 13.1 Å². The fourth-order valence-electron chi connectivity index (χ4n) is 1.38. The molecule has 1 aromatic heterocycles. The molecule has 2 aromatic rings. The molecule has 1 N–H and O–H groups in total. The van der Waals surface area contributed by atoms with Crippen molar-refractivity contribution in [1.82, 2.24) is 4.98 Å². The molecule has 2 nitrogen and oxygen atoms in total. The van der Waals surface area contributed by atoms with Gasteiger partial charge in [-0.1, -0.05) is 0 Å². The van der Waals surface area contributed by atoms with Crippen LogP contribution in [-0.2, 0) is 6.18 Å². The maximum absolute atomic E-state index is 12.4. The molecule has 0 aliphatic rings. The Morgan fingerprint density at radius 2 is 2.06 bits per heavy atom. The van der Waals surface area contributed by atoms with E-state index in [1.807, 2.05) is 0 Å². The molecule has 0 aliphatic heterocycles. The zero-order chi connectivity index (χ0) is 12.5. The van der Waals surface area contributed by atoms with Crippen LogP contribution in [-0.4, -0.2) is 4.98 Å². The molecule has 0 saturated heterocycles. The van der Waals surface area contributed by atoms with Gasteiger partial charge in [-0.15, -0.1) is 11.3 Å². The first-order valence-corrected chi connectivity index (χ1v) is 5.69. The third kappa shape index (κ3) is 2.76. The molecule has 0 spiro atoms. The SMILES string of the molecule is Cc1cc(C(F)(F)F)ccc1Nc1nccs1. The van der Waals surface area contributed by atoms with Crippen LogP contribution in [0.15, 0.2) is 29.8 Å². The van der Waals surface area contributed by atoms with E-state index in [4.69, 9.17) is 0 Å². The molecular formula is C11H9F3N2S. The van der Waals surface area contributed by atoms with E-state index in [2.05, 4.69) is 10.3 Å². The summed E-state index contributed by atoms with van der Waals surface area (Å²) in [6.45, 7) is 1.63. The first-order chi connectivity index (χ1) is 7.97. The van der Waals surface area contributed by atoms with Gasteiger partial charge in [0.05, 0.1) is 5.56 Å². The van der Waals surface area contributed by atoms with Crippen molar-refractivity contribution < 1.29 is 13.2 Å². The standard InChI is InChI=1S/C11H9F3N2S/c1-7-6-8(11(12,13)14)2-3-9(7)16-10-15-4-5-17-10/h2-6H,1H3,(H,15,16). The third-order valence-corrected chi connectivity index (χ3v) is 2.92. The molecule has 0 saturated carbocycles. The summed E-state index contributed by atoms with van der Waals surface area (Å²) in [5.74, 6) is 0. The van der Waals surface area contributed by atoms with E-state index in [1.165, 1.54) is 17.4 Å². The number of rotatable bonds is 2. The zero-order valence-corrected chi connectivity index (χ0v) is 9.69. The van der Waals surface area contributed by atoms with Gasteiger partial charge < -0.3 is 5.32 Å². The van der Waals surface area contributed by atoms with Crippen LogP contribution in [0.3, 0.4) is 0 Å². The van der Waals surface area contributed by atoms with Gasteiger partial charge in [0.15, 0.2) is 5.13 Å². The number of nitrogens with one attached hydrogen (secondary N) is 1. The molecule has 0 aliphatic carbocycles. The minimum Gasteiger partial charge on any atom is -0.331 e. The number of benzene rings is 1. The van der Waals surface area contributed by atoms with Gasteiger partial charge in [-0.2, -0.15) is 13.2 Å². The number of alkyl halides is 3. The van der Waals surface area contributed by atoms with Gasteiger partial charge in [-0.3, -0.25) is 0 Å². The highest BCUT2D eigenvalue weighted by Gasteiger charge is 2.30. The summed E-state index contributed by atoms with van der Waals surface area (Å²) in [6.07, 6.45) is -2.67. The molecule has 6 heteroatoms. The average molecular weight is 258 g/mol. The second kappa shape index (κ2) is 4.37. The fraction of sp³-hybridized carbons (Fsp3) is 0.182. The lowest BCUT2D eigenvalue weighted by Crippen LogP contribution is -2.05. The van der Waals surface area contributed by atoms with E-state index in [0.29, 0.717) is 16.4 Å². The summed E-state index contributed by atoms with van der Waals surface area (Å²) in [7, 11) is 0. The number of hydrogen-bond acceptors (Lipinski definition) is 3. The van der Waals surface area contributed by atoms with E-state index in [9.17, 15) is 13.2 Å². The molecule has 2 rings (SSSR count). The number of anilines is 2. The first-order valence-electron chi connectivity index (χ1n) is 4.81. The van der Waals surface area contributed by atoms with Gasteiger partial charge >= 0.3 is 6.18 Å². The lowest BCUT2D eigenvalue weighted by molar-refractivity contribution is -0.137. The first kappa shape index (κ1) is 11.9. The Kier molecular flexibility index (Phi) is 3.06. The minimum absolute atomic E-state index is 0.537. The number of aromatic nitrogens is 1. The summed E-state index contributed by atoms with van der Waals surface area (Å²) >= 11 is 1.39. The molecule has 0 atom stereocenters. The van der Waals surface area contributed by atoms with Crippen LogP contribution >= 0.6 is 11.3 Å². The van der Waals surface area contributed by atoms with Gasteiger partial charge in [0.1, 0.15) is 0 Å². The smallest absolute Gasteiger partial charge is 0.331 e. The zero-order valence-electron chi connectivity index (χ0n) is 8.88. The average Bonchev–Trinajstić information content (AvgIpc) is 2.72. The predicted octanol–water partition coefficient (Wildman–Crippen LogP) is 4.21. The highest BCUT2D eigenvalue weighted by Crippen LogP contribution is 2.32. The molecule has 90 valence electrons. The summed E-state index contributed by atoms with van der Waals surface area (Å²) in [5, 5.41) is 5.42.